The molecule has 4 nitrogen and oxygen atoms in total. The van der Waals surface area contributed by atoms with Crippen LogP contribution in [0.15, 0.2) is 73.1 Å². The van der Waals surface area contributed by atoms with Gasteiger partial charge in [0.2, 0.25) is 0 Å². The molecule has 0 unspecified atom stereocenters. The molecule has 2 aromatic carbocycles. The van der Waals surface area contributed by atoms with Crippen LogP contribution in [-0.2, 0) is 0 Å². The molecule has 2 N–H and O–H groups in total. The van der Waals surface area contributed by atoms with Crippen LogP contribution in [-0.4, -0.2) is 15.0 Å². The van der Waals surface area contributed by atoms with E-state index in [2.05, 4.69) is 4.98 Å². The van der Waals surface area contributed by atoms with Gasteiger partial charge in [0, 0.05) is 11.1 Å². The maximum Gasteiger partial charge on any atom is 0.116 e. The number of rotatable bonds is 2. The molecular formula is C19H15ClN4. The van der Waals surface area contributed by atoms with Gasteiger partial charge in [0.1, 0.15) is 11.0 Å². The van der Waals surface area contributed by atoms with Gasteiger partial charge in [0.15, 0.2) is 0 Å². The lowest BCUT2D eigenvalue weighted by molar-refractivity contribution is 1.25. The van der Waals surface area contributed by atoms with Crippen molar-refractivity contribution in [1.29, 1.82) is 0 Å². The molecule has 0 spiro atoms. The van der Waals surface area contributed by atoms with Crippen molar-refractivity contribution in [3.05, 3.63) is 73.1 Å². The zero-order chi connectivity index (χ0) is 15.6. The lowest BCUT2D eigenvalue weighted by Gasteiger charge is -2.11. The number of pyridine rings is 1. The summed E-state index contributed by atoms with van der Waals surface area (Å²) in [7, 11) is 0. The minimum atomic E-state index is 0. The van der Waals surface area contributed by atoms with Gasteiger partial charge in [-0.1, -0.05) is 60.7 Å². The van der Waals surface area contributed by atoms with Gasteiger partial charge in [0.05, 0.1) is 29.5 Å². The lowest BCUT2D eigenvalue weighted by atomic mass is 10.0. The first kappa shape index (κ1) is 15.9. The Labute approximate surface area is 145 Å². The molecule has 0 atom stereocenters. The van der Waals surface area contributed by atoms with Crippen molar-refractivity contribution in [3.63, 3.8) is 0 Å². The standard InChI is InChI=1S/C19H14N4.ClH/c20-15-11-21-12-16-19(15)23-18(14-9-5-2-6-10-14)17(22-16)13-7-3-1-4-8-13;/h1-12H,20H2;1H. The molecule has 5 heteroatoms. The largest absolute Gasteiger partial charge is 0.396 e. The summed E-state index contributed by atoms with van der Waals surface area (Å²) in [5.41, 5.74) is 11.6. The molecule has 0 aliphatic heterocycles. The van der Waals surface area contributed by atoms with Gasteiger partial charge in [0.25, 0.3) is 0 Å². The molecule has 0 aliphatic carbocycles. The molecule has 118 valence electrons. The van der Waals surface area contributed by atoms with Crippen LogP contribution in [0.2, 0.25) is 0 Å². The van der Waals surface area contributed by atoms with Gasteiger partial charge in [-0.15, -0.1) is 12.4 Å². The number of aromatic nitrogens is 3. The third-order valence-electron chi connectivity index (χ3n) is 3.70. The van der Waals surface area contributed by atoms with Crippen molar-refractivity contribution >= 4 is 29.1 Å². The molecule has 2 aromatic heterocycles. The van der Waals surface area contributed by atoms with Gasteiger partial charge in [-0.25, -0.2) is 9.97 Å². The number of hydrogen-bond donors (Lipinski definition) is 1. The van der Waals surface area contributed by atoms with Crippen LogP contribution in [0.4, 0.5) is 5.69 Å². The molecule has 24 heavy (non-hydrogen) atoms. The molecule has 2 heterocycles. The van der Waals surface area contributed by atoms with Crippen LogP contribution in [0.1, 0.15) is 0 Å². The van der Waals surface area contributed by atoms with Crippen LogP contribution >= 0.6 is 12.4 Å². The monoisotopic (exact) mass is 334 g/mol. The van der Waals surface area contributed by atoms with E-state index in [9.17, 15) is 0 Å². The Kier molecular flexibility index (Phi) is 4.40. The molecule has 4 rings (SSSR count). The first-order valence-electron chi connectivity index (χ1n) is 7.35. The second kappa shape index (κ2) is 6.64. The van der Waals surface area contributed by atoms with Crippen LogP contribution in [0.3, 0.4) is 0 Å². The predicted molar refractivity (Wildman–Crippen MR) is 99.9 cm³/mol. The van der Waals surface area contributed by atoms with Gasteiger partial charge in [-0.05, 0) is 0 Å². The van der Waals surface area contributed by atoms with E-state index in [-0.39, 0.29) is 12.4 Å². The number of nitrogen functional groups attached to an aromatic ring is 1. The maximum absolute atomic E-state index is 6.03. The average molecular weight is 335 g/mol. The summed E-state index contributed by atoms with van der Waals surface area (Å²) in [6.07, 6.45) is 3.30. The van der Waals surface area contributed by atoms with Crippen molar-refractivity contribution < 1.29 is 0 Å². The SMILES string of the molecule is Cl.Nc1cncc2nc(-c3ccccc3)c(-c3ccccc3)nc12. The van der Waals surface area contributed by atoms with E-state index in [1.807, 2.05) is 60.7 Å². The molecule has 4 aromatic rings. The molecule has 0 bridgehead atoms. The van der Waals surface area contributed by atoms with Crippen molar-refractivity contribution in [1.82, 2.24) is 15.0 Å². The highest BCUT2D eigenvalue weighted by atomic mass is 35.5. The van der Waals surface area contributed by atoms with Crippen LogP contribution in [0.25, 0.3) is 33.5 Å². The van der Waals surface area contributed by atoms with Crippen LogP contribution in [0.5, 0.6) is 0 Å². The van der Waals surface area contributed by atoms with E-state index >= 15 is 0 Å². The third kappa shape index (κ3) is 2.79. The molecule has 0 fully saturated rings. The number of nitrogens with zero attached hydrogens (tertiary/aromatic N) is 3. The number of fused-ring (bicyclic) bond motifs is 1. The molecule has 0 aliphatic rings. The summed E-state index contributed by atoms with van der Waals surface area (Å²) in [6, 6.07) is 20.1. The first-order chi connectivity index (χ1) is 11.3. The Morgan fingerprint density at radius 1 is 0.667 bits per heavy atom. The predicted octanol–water partition coefficient (Wildman–Crippen LogP) is 4.36. The van der Waals surface area contributed by atoms with Crippen molar-refractivity contribution in [2.75, 3.05) is 5.73 Å². The highest BCUT2D eigenvalue weighted by Crippen LogP contribution is 2.31. The Bertz CT molecular complexity index is 972. The normalized spacial score (nSPS) is 10.3. The zero-order valence-corrected chi connectivity index (χ0v) is 13.6. The average Bonchev–Trinajstić information content (AvgIpc) is 2.63. The van der Waals surface area contributed by atoms with Gasteiger partial charge in [-0.3, -0.25) is 4.98 Å². The summed E-state index contributed by atoms with van der Waals surface area (Å²) in [4.78, 5) is 13.7. The zero-order valence-electron chi connectivity index (χ0n) is 12.8. The second-order valence-corrected chi connectivity index (χ2v) is 5.25. The van der Waals surface area contributed by atoms with Gasteiger partial charge in [-0.2, -0.15) is 0 Å². The van der Waals surface area contributed by atoms with E-state index in [4.69, 9.17) is 15.7 Å². The fourth-order valence-corrected chi connectivity index (χ4v) is 2.59. The van der Waals surface area contributed by atoms with E-state index in [0.29, 0.717) is 16.7 Å². The third-order valence-corrected chi connectivity index (χ3v) is 3.70. The lowest BCUT2D eigenvalue weighted by Crippen LogP contribution is -1.99. The second-order valence-electron chi connectivity index (χ2n) is 5.25. The van der Waals surface area contributed by atoms with E-state index in [0.717, 1.165) is 22.5 Å². The van der Waals surface area contributed by atoms with E-state index < -0.39 is 0 Å². The topological polar surface area (TPSA) is 64.7 Å². The number of nitrogens with two attached hydrogens (primary N) is 1. The number of benzene rings is 2. The molecule has 0 saturated carbocycles. The fourth-order valence-electron chi connectivity index (χ4n) is 2.59. The van der Waals surface area contributed by atoms with Crippen LogP contribution < -0.4 is 5.73 Å². The minimum absolute atomic E-state index is 0. The van der Waals surface area contributed by atoms with Crippen molar-refractivity contribution in [2.45, 2.75) is 0 Å². The van der Waals surface area contributed by atoms with Gasteiger partial charge < -0.3 is 5.73 Å². The minimum Gasteiger partial charge on any atom is -0.396 e. The number of halogens is 1. The van der Waals surface area contributed by atoms with Gasteiger partial charge >= 0.3 is 0 Å². The Morgan fingerprint density at radius 3 is 1.79 bits per heavy atom. The smallest absolute Gasteiger partial charge is 0.116 e. The number of anilines is 1. The van der Waals surface area contributed by atoms with E-state index in [1.54, 1.807) is 12.4 Å². The molecule has 0 radical (unpaired) electrons. The number of hydrogen-bond acceptors (Lipinski definition) is 4. The van der Waals surface area contributed by atoms with Crippen molar-refractivity contribution in [2.24, 2.45) is 0 Å². The molecule has 0 amide bonds. The quantitative estimate of drug-likeness (QED) is 0.591. The Hall–Kier alpha value is -2.98. The molecular weight excluding hydrogens is 320 g/mol. The highest BCUT2D eigenvalue weighted by molar-refractivity contribution is 5.91. The van der Waals surface area contributed by atoms with E-state index in [1.165, 1.54) is 0 Å². The summed E-state index contributed by atoms with van der Waals surface area (Å²) in [5, 5.41) is 0. The maximum atomic E-state index is 6.03. The summed E-state index contributed by atoms with van der Waals surface area (Å²) in [6.45, 7) is 0. The Morgan fingerprint density at radius 2 is 1.21 bits per heavy atom. The Balaban J connectivity index is 0.00000169. The summed E-state index contributed by atoms with van der Waals surface area (Å²) in [5.74, 6) is 0. The van der Waals surface area contributed by atoms with Crippen molar-refractivity contribution in [3.8, 4) is 22.5 Å². The molecule has 0 saturated heterocycles. The summed E-state index contributed by atoms with van der Waals surface area (Å²) < 4.78 is 0. The first-order valence-corrected chi connectivity index (χ1v) is 7.35. The summed E-state index contributed by atoms with van der Waals surface area (Å²) >= 11 is 0. The highest BCUT2D eigenvalue weighted by Gasteiger charge is 2.14. The van der Waals surface area contributed by atoms with Crippen LogP contribution in [0, 0.1) is 0 Å². The fraction of sp³-hybridized carbons (Fsp3) is 0.